The lowest BCUT2D eigenvalue weighted by atomic mass is 10.1. The Morgan fingerprint density at radius 3 is 2.53 bits per heavy atom. The normalized spacial score (nSPS) is 13.9. The molecule has 0 bridgehead atoms. The quantitative estimate of drug-likeness (QED) is 0.802. The van der Waals surface area contributed by atoms with Gasteiger partial charge in [0, 0.05) is 5.54 Å². The summed E-state index contributed by atoms with van der Waals surface area (Å²) in [6.07, 6.45) is 0.989. The third-order valence-electron chi connectivity index (χ3n) is 2.15. The lowest BCUT2D eigenvalue weighted by Gasteiger charge is -2.18. The van der Waals surface area contributed by atoms with Gasteiger partial charge in [0.25, 0.3) is 0 Å². The number of nitrogen functional groups attached to an aromatic ring is 1. The second-order valence-electron chi connectivity index (χ2n) is 4.87. The Morgan fingerprint density at radius 1 is 1.47 bits per heavy atom. The van der Waals surface area contributed by atoms with Crippen molar-refractivity contribution in [3.63, 3.8) is 0 Å². The van der Waals surface area contributed by atoms with Gasteiger partial charge in [0.2, 0.25) is 11.9 Å². The van der Waals surface area contributed by atoms with Crippen molar-refractivity contribution >= 4 is 11.9 Å². The highest BCUT2D eigenvalue weighted by Crippen LogP contribution is 2.17. The molecule has 0 radical (unpaired) electrons. The van der Waals surface area contributed by atoms with E-state index in [4.69, 9.17) is 5.73 Å². The third kappa shape index (κ3) is 3.11. The van der Waals surface area contributed by atoms with Crippen LogP contribution in [0.15, 0.2) is 0 Å². The molecule has 0 amide bonds. The minimum absolute atomic E-state index is 0.0475. The van der Waals surface area contributed by atoms with Crippen molar-refractivity contribution in [1.82, 2.24) is 14.8 Å². The van der Waals surface area contributed by atoms with E-state index in [1.165, 1.54) is 0 Å². The molecular formula is C10H21N5. The zero-order valence-corrected chi connectivity index (χ0v) is 10.2. The summed E-state index contributed by atoms with van der Waals surface area (Å²) < 4.78 is 1.76. The molecule has 15 heavy (non-hydrogen) atoms. The number of hydrogen-bond donors (Lipinski definition) is 2. The van der Waals surface area contributed by atoms with E-state index in [1.54, 1.807) is 4.68 Å². The van der Waals surface area contributed by atoms with Crippen LogP contribution in [0.1, 0.15) is 47.1 Å². The van der Waals surface area contributed by atoms with E-state index in [-0.39, 0.29) is 11.6 Å². The second-order valence-corrected chi connectivity index (χ2v) is 4.87. The third-order valence-corrected chi connectivity index (χ3v) is 2.15. The lowest BCUT2D eigenvalue weighted by molar-refractivity contribution is 0.483. The van der Waals surface area contributed by atoms with Gasteiger partial charge in [-0.1, -0.05) is 6.92 Å². The van der Waals surface area contributed by atoms with Crippen LogP contribution in [0.5, 0.6) is 0 Å². The fourth-order valence-corrected chi connectivity index (χ4v) is 1.22. The van der Waals surface area contributed by atoms with Crippen molar-refractivity contribution in [3.05, 3.63) is 0 Å². The minimum Gasteiger partial charge on any atom is -0.368 e. The average molecular weight is 211 g/mol. The molecule has 0 fully saturated rings. The maximum absolute atomic E-state index is 5.79. The molecule has 1 aromatic rings. The molecule has 5 heteroatoms. The topological polar surface area (TPSA) is 68.8 Å². The van der Waals surface area contributed by atoms with Crippen molar-refractivity contribution in [2.45, 2.75) is 52.6 Å². The van der Waals surface area contributed by atoms with E-state index >= 15 is 0 Å². The maximum Gasteiger partial charge on any atom is 0.244 e. The fourth-order valence-electron chi connectivity index (χ4n) is 1.22. The SMILES string of the molecule is CCC(C)n1nc(NC(C)(C)C)nc1N. The van der Waals surface area contributed by atoms with Gasteiger partial charge in [0.15, 0.2) is 0 Å². The highest BCUT2D eigenvalue weighted by Gasteiger charge is 2.16. The summed E-state index contributed by atoms with van der Waals surface area (Å²) >= 11 is 0. The molecule has 86 valence electrons. The number of nitrogens with one attached hydrogen (secondary N) is 1. The Morgan fingerprint density at radius 2 is 2.07 bits per heavy atom. The minimum atomic E-state index is -0.0475. The summed E-state index contributed by atoms with van der Waals surface area (Å²) in [5.41, 5.74) is 5.74. The Labute approximate surface area is 91.1 Å². The van der Waals surface area contributed by atoms with Gasteiger partial charge in [-0.25, -0.2) is 4.68 Å². The first-order valence-corrected chi connectivity index (χ1v) is 5.33. The van der Waals surface area contributed by atoms with Crippen LogP contribution in [0.3, 0.4) is 0 Å². The van der Waals surface area contributed by atoms with Gasteiger partial charge in [-0.05, 0) is 34.1 Å². The van der Waals surface area contributed by atoms with E-state index in [0.717, 1.165) is 6.42 Å². The molecule has 5 nitrogen and oxygen atoms in total. The first-order valence-electron chi connectivity index (χ1n) is 5.33. The monoisotopic (exact) mass is 211 g/mol. The molecule has 1 aromatic heterocycles. The van der Waals surface area contributed by atoms with Gasteiger partial charge in [-0.15, -0.1) is 5.10 Å². The predicted molar refractivity (Wildman–Crippen MR) is 62.8 cm³/mol. The molecule has 0 spiro atoms. The summed E-state index contributed by atoms with van der Waals surface area (Å²) in [6.45, 7) is 10.4. The molecule has 1 rings (SSSR count). The van der Waals surface area contributed by atoms with Crippen LogP contribution in [0, 0.1) is 0 Å². The van der Waals surface area contributed by atoms with E-state index in [0.29, 0.717) is 11.9 Å². The summed E-state index contributed by atoms with van der Waals surface area (Å²) in [4.78, 5) is 4.18. The summed E-state index contributed by atoms with van der Waals surface area (Å²) in [6, 6.07) is 0.285. The van der Waals surface area contributed by atoms with Crippen LogP contribution >= 0.6 is 0 Å². The Bertz CT molecular complexity index is 323. The second kappa shape index (κ2) is 4.08. The standard InChI is InChI=1S/C10H21N5/c1-6-7(2)15-8(11)12-9(14-15)13-10(3,4)5/h7H,6H2,1-5H3,(H3,11,12,13,14). The molecule has 3 N–H and O–H groups in total. The number of nitrogens with zero attached hydrogens (tertiary/aromatic N) is 3. The molecule has 1 heterocycles. The van der Waals surface area contributed by atoms with Gasteiger partial charge in [-0.3, -0.25) is 0 Å². The molecule has 0 aromatic carbocycles. The lowest BCUT2D eigenvalue weighted by Crippen LogP contribution is -2.26. The van der Waals surface area contributed by atoms with Crippen LogP contribution in [-0.4, -0.2) is 20.3 Å². The largest absolute Gasteiger partial charge is 0.368 e. The zero-order valence-electron chi connectivity index (χ0n) is 10.2. The summed E-state index contributed by atoms with van der Waals surface area (Å²) in [7, 11) is 0. The van der Waals surface area contributed by atoms with Crippen LogP contribution < -0.4 is 11.1 Å². The van der Waals surface area contributed by atoms with Gasteiger partial charge >= 0.3 is 0 Å². The number of aromatic nitrogens is 3. The first kappa shape index (κ1) is 11.8. The van der Waals surface area contributed by atoms with Gasteiger partial charge in [0.05, 0.1) is 6.04 Å². The van der Waals surface area contributed by atoms with Gasteiger partial charge < -0.3 is 11.1 Å². The Kier molecular flexibility index (Phi) is 3.21. The van der Waals surface area contributed by atoms with Gasteiger partial charge in [-0.2, -0.15) is 4.98 Å². The molecule has 0 saturated heterocycles. The number of anilines is 2. The van der Waals surface area contributed by atoms with Crippen molar-refractivity contribution in [3.8, 4) is 0 Å². The van der Waals surface area contributed by atoms with Crippen molar-refractivity contribution in [2.24, 2.45) is 0 Å². The van der Waals surface area contributed by atoms with E-state index < -0.39 is 0 Å². The van der Waals surface area contributed by atoms with E-state index in [2.05, 4.69) is 50.0 Å². The first-order chi connectivity index (χ1) is 6.83. The molecule has 1 unspecified atom stereocenters. The molecule has 0 aliphatic rings. The molecular weight excluding hydrogens is 190 g/mol. The Hall–Kier alpha value is -1.26. The zero-order chi connectivity index (χ0) is 11.6. The van der Waals surface area contributed by atoms with Crippen molar-refractivity contribution < 1.29 is 0 Å². The van der Waals surface area contributed by atoms with Crippen LogP contribution in [0.2, 0.25) is 0 Å². The Balaban J connectivity index is 2.86. The number of nitrogens with two attached hydrogens (primary N) is 1. The molecule has 0 saturated carbocycles. The summed E-state index contributed by atoms with van der Waals surface area (Å²) in [5.74, 6) is 1.07. The molecule has 1 atom stereocenters. The summed E-state index contributed by atoms with van der Waals surface area (Å²) in [5, 5.41) is 7.53. The average Bonchev–Trinajstić information content (AvgIpc) is 2.42. The molecule has 0 aliphatic carbocycles. The highest BCUT2D eigenvalue weighted by atomic mass is 15.4. The predicted octanol–water partition coefficient (Wildman–Crippen LogP) is 2.04. The van der Waals surface area contributed by atoms with Crippen LogP contribution in [0.25, 0.3) is 0 Å². The van der Waals surface area contributed by atoms with Crippen molar-refractivity contribution in [1.29, 1.82) is 0 Å². The highest BCUT2D eigenvalue weighted by molar-refractivity contribution is 5.33. The van der Waals surface area contributed by atoms with E-state index in [9.17, 15) is 0 Å². The number of hydrogen-bond acceptors (Lipinski definition) is 4. The fraction of sp³-hybridized carbons (Fsp3) is 0.800. The van der Waals surface area contributed by atoms with Crippen molar-refractivity contribution in [2.75, 3.05) is 11.1 Å². The number of rotatable bonds is 3. The van der Waals surface area contributed by atoms with Crippen LogP contribution in [0.4, 0.5) is 11.9 Å². The van der Waals surface area contributed by atoms with E-state index in [1.807, 2.05) is 0 Å². The maximum atomic E-state index is 5.79. The molecule has 0 aliphatic heterocycles. The van der Waals surface area contributed by atoms with Crippen LogP contribution in [-0.2, 0) is 0 Å². The van der Waals surface area contributed by atoms with Gasteiger partial charge in [0.1, 0.15) is 0 Å². The smallest absolute Gasteiger partial charge is 0.244 e.